The van der Waals surface area contributed by atoms with Crippen LogP contribution < -0.4 is 5.32 Å². The van der Waals surface area contributed by atoms with Gasteiger partial charge in [0.1, 0.15) is 0 Å². The Bertz CT molecular complexity index is 238. The van der Waals surface area contributed by atoms with Gasteiger partial charge in [0.25, 0.3) is 0 Å². The molecule has 3 heterocycles. The number of hydrogen-bond donors (Lipinski definition) is 2. The van der Waals surface area contributed by atoms with Crippen LogP contribution in [0, 0.1) is 5.92 Å². The van der Waals surface area contributed by atoms with Crippen molar-refractivity contribution in [2.24, 2.45) is 5.92 Å². The summed E-state index contributed by atoms with van der Waals surface area (Å²) in [4.78, 5) is 2.58. The van der Waals surface area contributed by atoms with Crippen LogP contribution in [0.2, 0.25) is 0 Å². The molecule has 4 aliphatic rings. The summed E-state index contributed by atoms with van der Waals surface area (Å²) in [5, 5.41) is 13.7. The standard InChI is InChI=1S/C13H24N2O/c16-13-4-2-1-3-11(13)14-12-9-15-7-5-10(12)6-8-15/h10-14,16H,1-9H2/t11-,12?,13-/m1/s1. The molecule has 4 fully saturated rings. The Labute approximate surface area is 98.2 Å². The number of fused-ring (bicyclic) bond motifs is 3. The van der Waals surface area contributed by atoms with Gasteiger partial charge in [0.05, 0.1) is 6.10 Å². The highest BCUT2D eigenvalue weighted by atomic mass is 16.3. The summed E-state index contributed by atoms with van der Waals surface area (Å²) in [6, 6.07) is 1.03. The van der Waals surface area contributed by atoms with Crippen LogP contribution in [0.25, 0.3) is 0 Å². The minimum Gasteiger partial charge on any atom is -0.392 e. The van der Waals surface area contributed by atoms with Crippen molar-refractivity contribution in [3.05, 3.63) is 0 Å². The van der Waals surface area contributed by atoms with E-state index in [0.717, 1.165) is 12.3 Å². The van der Waals surface area contributed by atoms with E-state index in [1.807, 2.05) is 0 Å². The fraction of sp³-hybridized carbons (Fsp3) is 1.00. The normalized spacial score (nSPS) is 48.2. The van der Waals surface area contributed by atoms with Crippen molar-refractivity contribution in [1.29, 1.82) is 0 Å². The number of hydrogen-bond acceptors (Lipinski definition) is 3. The van der Waals surface area contributed by atoms with E-state index in [4.69, 9.17) is 0 Å². The van der Waals surface area contributed by atoms with E-state index in [1.165, 1.54) is 51.7 Å². The van der Waals surface area contributed by atoms with Crippen LogP contribution in [-0.4, -0.2) is 47.8 Å². The zero-order chi connectivity index (χ0) is 11.0. The summed E-state index contributed by atoms with van der Waals surface area (Å²) in [5.74, 6) is 0.874. The van der Waals surface area contributed by atoms with Crippen LogP contribution in [0.15, 0.2) is 0 Å². The third-order valence-electron chi connectivity index (χ3n) is 4.81. The minimum atomic E-state index is -0.0933. The molecule has 1 unspecified atom stereocenters. The van der Waals surface area contributed by atoms with Crippen LogP contribution >= 0.6 is 0 Å². The SMILES string of the molecule is O[C@@H]1CCCC[C@H]1NC1CN2CCC1CC2. The Kier molecular flexibility index (Phi) is 3.18. The van der Waals surface area contributed by atoms with Crippen molar-refractivity contribution in [3.63, 3.8) is 0 Å². The van der Waals surface area contributed by atoms with Crippen molar-refractivity contribution in [3.8, 4) is 0 Å². The number of nitrogens with zero attached hydrogens (tertiary/aromatic N) is 1. The fourth-order valence-electron chi connectivity index (χ4n) is 3.73. The highest BCUT2D eigenvalue weighted by Gasteiger charge is 2.36. The molecule has 0 radical (unpaired) electrons. The molecule has 0 aromatic rings. The van der Waals surface area contributed by atoms with Gasteiger partial charge in [-0.15, -0.1) is 0 Å². The second kappa shape index (κ2) is 4.63. The third-order valence-corrected chi connectivity index (χ3v) is 4.81. The first-order valence-corrected chi connectivity index (χ1v) is 6.99. The molecule has 92 valence electrons. The molecule has 0 spiro atoms. The molecule has 16 heavy (non-hydrogen) atoms. The zero-order valence-corrected chi connectivity index (χ0v) is 10.1. The van der Waals surface area contributed by atoms with Crippen LogP contribution in [0.1, 0.15) is 38.5 Å². The van der Waals surface area contributed by atoms with Gasteiger partial charge >= 0.3 is 0 Å². The number of aliphatic hydroxyl groups is 1. The van der Waals surface area contributed by atoms with E-state index in [-0.39, 0.29) is 6.10 Å². The summed E-state index contributed by atoms with van der Waals surface area (Å²) in [5.41, 5.74) is 0. The largest absolute Gasteiger partial charge is 0.392 e. The van der Waals surface area contributed by atoms with Gasteiger partial charge in [-0.2, -0.15) is 0 Å². The first-order valence-electron chi connectivity index (χ1n) is 6.99. The van der Waals surface area contributed by atoms with Crippen LogP contribution in [0.4, 0.5) is 0 Å². The first kappa shape index (κ1) is 11.0. The fourth-order valence-corrected chi connectivity index (χ4v) is 3.73. The molecular formula is C13H24N2O. The summed E-state index contributed by atoms with van der Waals surface area (Å²) in [6.07, 6.45) is 7.30. The molecule has 3 nitrogen and oxygen atoms in total. The maximum atomic E-state index is 9.99. The number of piperidine rings is 3. The lowest BCUT2D eigenvalue weighted by Gasteiger charge is -2.47. The Morgan fingerprint density at radius 3 is 2.31 bits per heavy atom. The van der Waals surface area contributed by atoms with E-state index < -0.39 is 0 Å². The van der Waals surface area contributed by atoms with Crippen molar-refractivity contribution < 1.29 is 5.11 Å². The molecular weight excluding hydrogens is 200 g/mol. The van der Waals surface area contributed by atoms with Gasteiger partial charge in [-0.3, -0.25) is 0 Å². The van der Waals surface area contributed by atoms with Crippen LogP contribution in [0.5, 0.6) is 0 Å². The van der Waals surface area contributed by atoms with E-state index in [0.29, 0.717) is 12.1 Å². The van der Waals surface area contributed by atoms with Crippen molar-refractivity contribution >= 4 is 0 Å². The summed E-state index contributed by atoms with van der Waals surface area (Å²) >= 11 is 0. The molecule has 3 aliphatic heterocycles. The van der Waals surface area contributed by atoms with E-state index in [9.17, 15) is 5.11 Å². The molecule has 0 amide bonds. The van der Waals surface area contributed by atoms with Gasteiger partial charge in [-0.25, -0.2) is 0 Å². The van der Waals surface area contributed by atoms with E-state index in [2.05, 4.69) is 10.2 Å². The van der Waals surface area contributed by atoms with Gasteiger partial charge in [-0.05, 0) is 44.7 Å². The molecule has 3 heteroatoms. The lowest BCUT2D eigenvalue weighted by molar-refractivity contribution is 0.0346. The molecule has 2 N–H and O–H groups in total. The predicted octanol–water partition coefficient (Wildman–Crippen LogP) is 0.974. The predicted molar refractivity (Wildman–Crippen MR) is 64.4 cm³/mol. The molecule has 1 saturated carbocycles. The van der Waals surface area contributed by atoms with Gasteiger partial charge in [0.15, 0.2) is 0 Å². The Balaban J connectivity index is 1.57. The summed E-state index contributed by atoms with van der Waals surface area (Å²) in [7, 11) is 0. The second-order valence-electron chi connectivity index (χ2n) is 5.87. The van der Waals surface area contributed by atoms with Crippen molar-refractivity contribution in [2.45, 2.75) is 56.7 Å². The second-order valence-corrected chi connectivity index (χ2v) is 5.87. The van der Waals surface area contributed by atoms with Crippen molar-refractivity contribution in [2.75, 3.05) is 19.6 Å². The van der Waals surface area contributed by atoms with Crippen LogP contribution in [0.3, 0.4) is 0 Å². The van der Waals surface area contributed by atoms with E-state index >= 15 is 0 Å². The quantitative estimate of drug-likeness (QED) is 0.734. The minimum absolute atomic E-state index is 0.0933. The maximum absolute atomic E-state index is 9.99. The molecule has 3 atom stereocenters. The highest BCUT2D eigenvalue weighted by molar-refractivity contribution is 4.94. The lowest BCUT2D eigenvalue weighted by Crippen LogP contribution is -2.60. The summed E-state index contributed by atoms with van der Waals surface area (Å²) < 4.78 is 0. The number of aliphatic hydroxyl groups excluding tert-OH is 1. The third kappa shape index (κ3) is 2.13. The molecule has 1 aliphatic carbocycles. The Hall–Kier alpha value is -0.120. The van der Waals surface area contributed by atoms with Gasteiger partial charge in [0.2, 0.25) is 0 Å². The molecule has 2 bridgehead atoms. The highest BCUT2D eigenvalue weighted by Crippen LogP contribution is 2.29. The van der Waals surface area contributed by atoms with Crippen molar-refractivity contribution in [1.82, 2.24) is 10.2 Å². The number of nitrogens with one attached hydrogen (secondary N) is 1. The molecule has 4 rings (SSSR count). The summed E-state index contributed by atoms with van der Waals surface area (Å²) in [6.45, 7) is 3.82. The Morgan fingerprint density at radius 2 is 1.69 bits per heavy atom. The maximum Gasteiger partial charge on any atom is 0.0693 e. The lowest BCUT2D eigenvalue weighted by atomic mass is 9.82. The monoisotopic (exact) mass is 224 g/mol. The topological polar surface area (TPSA) is 35.5 Å². The average Bonchev–Trinajstić information content (AvgIpc) is 2.34. The van der Waals surface area contributed by atoms with Gasteiger partial charge in [-0.1, -0.05) is 12.8 Å². The molecule has 0 aromatic heterocycles. The van der Waals surface area contributed by atoms with Crippen LogP contribution in [-0.2, 0) is 0 Å². The van der Waals surface area contributed by atoms with E-state index in [1.54, 1.807) is 0 Å². The first-order chi connectivity index (χ1) is 7.83. The smallest absolute Gasteiger partial charge is 0.0693 e. The molecule has 0 aromatic carbocycles. The average molecular weight is 224 g/mol. The van der Waals surface area contributed by atoms with Gasteiger partial charge < -0.3 is 15.3 Å². The van der Waals surface area contributed by atoms with Gasteiger partial charge in [0, 0.05) is 18.6 Å². The Morgan fingerprint density at radius 1 is 0.938 bits per heavy atom. The molecule has 3 saturated heterocycles. The number of rotatable bonds is 2. The zero-order valence-electron chi connectivity index (χ0n) is 10.1.